The van der Waals surface area contributed by atoms with Crippen LogP contribution >= 0.6 is 11.3 Å². The summed E-state index contributed by atoms with van der Waals surface area (Å²) in [7, 11) is 0. The summed E-state index contributed by atoms with van der Waals surface area (Å²) in [4.78, 5) is 13.2. The third kappa shape index (κ3) is 2.39. The fourth-order valence-electron chi connectivity index (χ4n) is 1.44. The van der Waals surface area contributed by atoms with Crippen molar-refractivity contribution in [3.63, 3.8) is 0 Å². The highest BCUT2D eigenvalue weighted by Gasteiger charge is 2.31. The second kappa shape index (κ2) is 4.33. The van der Waals surface area contributed by atoms with Crippen molar-refractivity contribution in [3.8, 4) is 0 Å². The van der Waals surface area contributed by atoms with Crippen LogP contribution in [0.4, 0.5) is 5.82 Å². The Morgan fingerprint density at radius 3 is 2.82 bits per heavy atom. The molecule has 0 saturated heterocycles. The van der Waals surface area contributed by atoms with Crippen LogP contribution in [0, 0.1) is 6.92 Å². The molecule has 2 aromatic heterocycles. The van der Waals surface area contributed by atoms with E-state index in [1.807, 2.05) is 31.4 Å². The lowest BCUT2D eigenvalue weighted by atomic mass is 9.90. The van der Waals surface area contributed by atoms with Crippen LogP contribution in [0.15, 0.2) is 28.1 Å². The molecule has 2 rings (SSSR count). The molecular formula is C12H14N2O2S. The zero-order valence-electron chi connectivity index (χ0n) is 9.98. The van der Waals surface area contributed by atoms with Gasteiger partial charge in [-0.1, -0.05) is 11.2 Å². The van der Waals surface area contributed by atoms with Gasteiger partial charge in [-0.25, -0.2) is 0 Å². The van der Waals surface area contributed by atoms with Gasteiger partial charge in [0, 0.05) is 10.9 Å². The highest BCUT2D eigenvalue weighted by atomic mass is 32.1. The summed E-state index contributed by atoms with van der Waals surface area (Å²) in [6, 6.07) is 5.59. The molecule has 2 aromatic rings. The number of aryl methyl sites for hydroxylation is 1. The van der Waals surface area contributed by atoms with Gasteiger partial charge in [-0.2, -0.15) is 0 Å². The molecule has 17 heavy (non-hydrogen) atoms. The summed E-state index contributed by atoms with van der Waals surface area (Å²) in [6.07, 6.45) is 0. The van der Waals surface area contributed by atoms with E-state index in [1.165, 1.54) is 0 Å². The molecule has 0 saturated carbocycles. The third-order valence-corrected chi connectivity index (χ3v) is 3.77. The van der Waals surface area contributed by atoms with Crippen molar-refractivity contribution >= 4 is 23.1 Å². The van der Waals surface area contributed by atoms with Gasteiger partial charge in [0.15, 0.2) is 5.82 Å². The fraction of sp³-hybridized carbons (Fsp3) is 0.333. The molecule has 4 nitrogen and oxygen atoms in total. The van der Waals surface area contributed by atoms with Crippen LogP contribution in [-0.2, 0) is 10.2 Å². The average Bonchev–Trinajstić information content (AvgIpc) is 2.89. The maximum absolute atomic E-state index is 12.2. The van der Waals surface area contributed by atoms with Gasteiger partial charge >= 0.3 is 0 Å². The zero-order chi connectivity index (χ0) is 12.5. The van der Waals surface area contributed by atoms with Crippen molar-refractivity contribution in [2.75, 3.05) is 5.32 Å². The molecule has 0 fully saturated rings. The number of hydrogen-bond donors (Lipinski definition) is 1. The van der Waals surface area contributed by atoms with E-state index in [2.05, 4.69) is 10.5 Å². The lowest BCUT2D eigenvalue weighted by molar-refractivity contribution is -0.120. The van der Waals surface area contributed by atoms with Gasteiger partial charge in [0.1, 0.15) is 5.76 Å². The van der Waals surface area contributed by atoms with Crippen LogP contribution in [0.25, 0.3) is 0 Å². The van der Waals surface area contributed by atoms with E-state index in [0.29, 0.717) is 11.6 Å². The van der Waals surface area contributed by atoms with E-state index in [-0.39, 0.29) is 5.91 Å². The highest BCUT2D eigenvalue weighted by Crippen LogP contribution is 2.28. The summed E-state index contributed by atoms with van der Waals surface area (Å²) in [6.45, 7) is 5.56. The van der Waals surface area contributed by atoms with Crippen LogP contribution in [0.3, 0.4) is 0 Å². The Bertz CT molecular complexity index is 514. The quantitative estimate of drug-likeness (QED) is 0.911. The first-order valence-corrected chi connectivity index (χ1v) is 6.17. The molecular weight excluding hydrogens is 236 g/mol. The summed E-state index contributed by atoms with van der Waals surface area (Å²) in [5.41, 5.74) is -0.568. The Kier molecular flexibility index (Phi) is 3.02. The Morgan fingerprint density at radius 1 is 1.53 bits per heavy atom. The summed E-state index contributed by atoms with van der Waals surface area (Å²) in [5.74, 6) is 1.04. The summed E-state index contributed by atoms with van der Waals surface area (Å²) in [5, 5.41) is 8.46. The molecule has 0 unspecified atom stereocenters. The standard InChI is InChI=1S/C12H14N2O2S/c1-8-7-10(14-16-8)13-11(15)12(2,3)9-5-4-6-17-9/h4-7H,1-3H3,(H,13,14,15). The maximum atomic E-state index is 12.2. The van der Waals surface area contributed by atoms with E-state index >= 15 is 0 Å². The molecule has 5 heteroatoms. The first-order chi connectivity index (χ1) is 8.00. The van der Waals surface area contributed by atoms with Gasteiger partial charge in [0.2, 0.25) is 5.91 Å². The van der Waals surface area contributed by atoms with Gasteiger partial charge in [-0.05, 0) is 32.2 Å². The second-order valence-corrected chi connectivity index (χ2v) is 5.33. The van der Waals surface area contributed by atoms with Crippen LogP contribution in [0.1, 0.15) is 24.5 Å². The maximum Gasteiger partial charge on any atom is 0.236 e. The minimum atomic E-state index is -0.568. The van der Waals surface area contributed by atoms with Gasteiger partial charge in [0.05, 0.1) is 5.41 Å². The van der Waals surface area contributed by atoms with E-state index in [4.69, 9.17) is 4.52 Å². The number of amides is 1. The van der Waals surface area contributed by atoms with Crippen molar-refractivity contribution in [2.45, 2.75) is 26.2 Å². The zero-order valence-corrected chi connectivity index (χ0v) is 10.8. The Hall–Kier alpha value is -1.62. The van der Waals surface area contributed by atoms with Crippen molar-refractivity contribution < 1.29 is 9.32 Å². The molecule has 0 aromatic carbocycles. The topological polar surface area (TPSA) is 55.1 Å². The molecule has 0 aliphatic carbocycles. The SMILES string of the molecule is Cc1cc(NC(=O)C(C)(C)c2cccs2)no1. The molecule has 0 atom stereocenters. The molecule has 0 aliphatic rings. The molecule has 2 heterocycles. The smallest absolute Gasteiger partial charge is 0.236 e. The summed E-state index contributed by atoms with van der Waals surface area (Å²) >= 11 is 1.57. The van der Waals surface area contributed by atoms with Crippen molar-refractivity contribution in [1.82, 2.24) is 5.16 Å². The number of aromatic nitrogens is 1. The highest BCUT2D eigenvalue weighted by molar-refractivity contribution is 7.10. The minimum Gasteiger partial charge on any atom is -0.360 e. The number of nitrogens with zero attached hydrogens (tertiary/aromatic N) is 1. The van der Waals surface area contributed by atoms with Gasteiger partial charge in [-0.3, -0.25) is 4.79 Å². The number of hydrogen-bond acceptors (Lipinski definition) is 4. The molecule has 1 amide bonds. The second-order valence-electron chi connectivity index (χ2n) is 4.38. The van der Waals surface area contributed by atoms with Crippen LogP contribution in [-0.4, -0.2) is 11.1 Å². The largest absolute Gasteiger partial charge is 0.360 e. The molecule has 0 aliphatic heterocycles. The van der Waals surface area contributed by atoms with E-state index in [0.717, 1.165) is 4.88 Å². The van der Waals surface area contributed by atoms with Crippen LogP contribution < -0.4 is 5.32 Å². The first-order valence-electron chi connectivity index (χ1n) is 5.29. The lowest BCUT2D eigenvalue weighted by Gasteiger charge is -2.21. The first kappa shape index (κ1) is 11.9. The van der Waals surface area contributed by atoms with E-state index < -0.39 is 5.41 Å². The molecule has 90 valence electrons. The lowest BCUT2D eigenvalue weighted by Crippen LogP contribution is -2.34. The van der Waals surface area contributed by atoms with Crippen LogP contribution in [0.5, 0.6) is 0 Å². The number of carbonyl (C=O) groups excluding carboxylic acids is 1. The normalized spacial score (nSPS) is 11.5. The van der Waals surface area contributed by atoms with Gasteiger partial charge < -0.3 is 9.84 Å². The Balaban J connectivity index is 2.15. The van der Waals surface area contributed by atoms with Crippen molar-refractivity contribution in [3.05, 3.63) is 34.2 Å². The predicted molar refractivity (Wildman–Crippen MR) is 67.2 cm³/mol. The number of nitrogens with one attached hydrogen (secondary N) is 1. The monoisotopic (exact) mass is 250 g/mol. The molecule has 0 radical (unpaired) electrons. The number of thiophene rings is 1. The number of carbonyl (C=O) groups is 1. The molecule has 0 bridgehead atoms. The molecule has 1 N–H and O–H groups in total. The fourth-order valence-corrected chi connectivity index (χ4v) is 2.29. The van der Waals surface area contributed by atoms with E-state index in [1.54, 1.807) is 24.3 Å². The van der Waals surface area contributed by atoms with Gasteiger partial charge in [-0.15, -0.1) is 11.3 Å². The van der Waals surface area contributed by atoms with Crippen molar-refractivity contribution in [2.24, 2.45) is 0 Å². The molecule has 0 spiro atoms. The van der Waals surface area contributed by atoms with Crippen molar-refractivity contribution in [1.29, 1.82) is 0 Å². The third-order valence-electron chi connectivity index (χ3n) is 2.57. The van der Waals surface area contributed by atoms with Crippen LogP contribution in [0.2, 0.25) is 0 Å². The van der Waals surface area contributed by atoms with Gasteiger partial charge in [0.25, 0.3) is 0 Å². The minimum absolute atomic E-state index is 0.0896. The summed E-state index contributed by atoms with van der Waals surface area (Å²) < 4.78 is 4.91. The average molecular weight is 250 g/mol. The van der Waals surface area contributed by atoms with E-state index in [9.17, 15) is 4.79 Å². The number of anilines is 1. The number of rotatable bonds is 3. The Labute approximate surface area is 104 Å². The predicted octanol–water partition coefficient (Wildman–Crippen LogP) is 2.96. The Morgan fingerprint density at radius 2 is 2.29 bits per heavy atom.